The van der Waals surface area contributed by atoms with E-state index in [1.165, 1.54) is 0 Å². The monoisotopic (exact) mass is 422 g/mol. The molecule has 2 aromatic heterocycles. The molecular formula is C22H26N6O3. The second-order valence-corrected chi connectivity index (χ2v) is 7.31. The van der Waals surface area contributed by atoms with E-state index in [-0.39, 0.29) is 12.0 Å². The summed E-state index contributed by atoms with van der Waals surface area (Å²) in [5.41, 5.74) is 1.28. The maximum atomic E-state index is 12.2. The first-order valence-electron chi connectivity index (χ1n) is 10.4. The Morgan fingerprint density at radius 3 is 2.65 bits per heavy atom. The Morgan fingerprint density at radius 2 is 1.97 bits per heavy atom. The number of para-hydroxylation sites is 2. The maximum Gasteiger partial charge on any atom is 0.271 e. The molecule has 1 aliphatic rings. The van der Waals surface area contributed by atoms with Gasteiger partial charge in [-0.25, -0.2) is 4.98 Å². The van der Waals surface area contributed by atoms with Gasteiger partial charge in [-0.15, -0.1) is 10.2 Å². The number of nitrogens with zero attached hydrogens (tertiary/aromatic N) is 4. The Bertz CT molecular complexity index is 969. The number of aromatic nitrogens is 4. The number of imidazole rings is 1. The van der Waals surface area contributed by atoms with E-state index in [1.807, 2.05) is 30.3 Å². The van der Waals surface area contributed by atoms with Gasteiger partial charge in [-0.2, -0.15) is 0 Å². The summed E-state index contributed by atoms with van der Waals surface area (Å²) in [5, 5.41) is 11.2. The molecule has 4 rings (SSSR count). The van der Waals surface area contributed by atoms with Gasteiger partial charge in [0.25, 0.3) is 5.91 Å². The number of H-pyrrole nitrogens is 1. The van der Waals surface area contributed by atoms with Gasteiger partial charge in [0.05, 0.1) is 13.4 Å². The molecule has 9 heteroatoms. The molecule has 1 fully saturated rings. The molecule has 3 aromatic rings. The highest BCUT2D eigenvalue weighted by molar-refractivity contribution is 5.92. The van der Waals surface area contributed by atoms with Gasteiger partial charge < -0.3 is 24.7 Å². The molecule has 0 aliphatic carbocycles. The Labute approximate surface area is 180 Å². The molecular weight excluding hydrogens is 396 g/mol. The highest BCUT2D eigenvalue weighted by atomic mass is 16.5. The Balaban J connectivity index is 1.25. The van der Waals surface area contributed by atoms with Crippen molar-refractivity contribution in [1.82, 2.24) is 25.5 Å². The third-order valence-electron chi connectivity index (χ3n) is 5.25. The van der Waals surface area contributed by atoms with Gasteiger partial charge in [-0.1, -0.05) is 12.1 Å². The summed E-state index contributed by atoms with van der Waals surface area (Å²) < 4.78 is 11.5. The number of methoxy groups -OCH3 is 1. The molecule has 0 radical (unpaired) electrons. The smallest absolute Gasteiger partial charge is 0.271 e. The van der Waals surface area contributed by atoms with Crippen LogP contribution in [0.5, 0.6) is 11.5 Å². The zero-order valence-electron chi connectivity index (χ0n) is 17.5. The summed E-state index contributed by atoms with van der Waals surface area (Å²) in [5.74, 6) is 2.05. The fourth-order valence-corrected chi connectivity index (χ4v) is 3.54. The summed E-state index contributed by atoms with van der Waals surface area (Å²) in [4.78, 5) is 21.4. The topological polar surface area (TPSA) is 105 Å². The van der Waals surface area contributed by atoms with Gasteiger partial charge in [0, 0.05) is 50.8 Å². The van der Waals surface area contributed by atoms with E-state index in [0.717, 1.165) is 48.9 Å². The number of ether oxygens (including phenoxy) is 2. The summed E-state index contributed by atoms with van der Waals surface area (Å²) in [6.45, 7) is 2.12. The Morgan fingerprint density at radius 1 is 1.16 bits per heavy atom. The minimum absolute atomic E-state index is 0.125. The van der Waals surface area contributed by atoms with E-state index < -0.39 is 0 Å². The van der Waals surface area contributed by atoms with Crippen molar-refractivity contribution in [1.29, 1.82) is 0 Å². The first-order chi connectivity index (χ1) is 15.2. The van der Waals surface area contributed by atoms with Crippen LogP contribution in [0.2, 0.25) is 0 Å². The van der Waals surface area contributed by atoms with Crippen molar-refractivity contribution in [3.05, 3.63) is 60.3 Å². The standard InChI is InChI=1S/C22H26N6O3/c1-30-19-4-2-3-5-20(19)31-17-9-12-28(13-10-17)21-7-6-18(26-27-21)22(29)24-11-8-16-14-23-15-25-16/h2-7,14-15,17H,8-13H2,1H3,(H,23,25)(H,24,29). The number of rotatable bonds is 8. The summed E-state index contributed by atoms with van der Waals surface area (Å²) in [6, 6.07) is 11.3. The van der Waals surface area contributed by atoms with Crippen LogP contribution in [0, 0.1) is 0 Å². The van der Waals surface area contributed by atoms with Gasteiger partial charge in [0.2, 0.25) is 0 Å². The van der Waals surface area contributed by atoms with Crippen LogP contribution in [0.25, 0.3) is 0 Å². The molecule has 31 heavy (non-hydrogen) atoms. The number of hydrogen-bond acceptors (Lipinski definition) is 7. The quantitative estimate of drug-likeness (QED) is 0.573. The van der Waals surface area contributed by atoms with Crippen molar-refractivity contribution in [3.8, 4) is 11.5 Å². The van der Waals surface area contributed by atoms with Gasteiger partial charge >= 0.3 is 0 Å². The van der Waals surface area contributed by atoms with Crippen molar-refractivity contribution >= 4 is 11.7 Å². The number of benzene rings is 1. The van der Waals surface area contributed by atoms with Crippen molar-refractivity contribution < 1.29 is 14.3 Å². The first kappa shape index (κ1) is 20.6. The van der Waals surface area contributed by atoms with Gasteiger partial charge in [-0.3, -0.25) is 4.79 Å². The highest BCUT2D eigenvalue weighted by Crippen LogP contribution is 2.29. The van der Waals surface area contributed by atoms with Crippen LogP contribution < -0.4 is 19.7 Å². The molecule has 1 aliphatic heterocycles. The number of amides is 1. The molecule has 0 spiro atoms. The third kappa shape index (κ3) is 5.30. The van der Waals surface area contributed by atoms with Crippen LogP contribution >= 0.6 is 0 Å². The Hall–Kier alpha value is -3.62. The molecule has 0 saturated carbocycles. The average molecular weight is 422 g/mol. The number of carbonyl (C=O) groups excluding carboxylic acids is 1. The summed E-state index contributed by atoms with van der Waals surface area (Å²) in [7, 11) is 1.65. The van der Waals surface area contributed by atoms with E-state index in [4.69, 9.17) is 9.47 Å². The van der Waals surface area contributed by atoms with Gasteiger partial charge in [0.15, 0.2) is 23.0 Å². The van der Waals surface area contributed by atoms with Crippen molar-refractivity contribution in [3.63, 3.8) is 0 Å². The second kappa shape index (κ2) is 9.92. The number of piperidine rings is 1. The SMILES string of the molecule is COc1ccccc1OC1CCN(c2ccc(C(=O)NCCc3cnc[nH]3)nn2)CC1. The number of anilines is 1. The minimum Gasteiger partial charge on any atom is -0.493 e. The molecule has 1 aromatic carbocycles. The normalized spacial score (nSPS) is 14.3. The van der Waals surface area contributed by atoms with E-state index in [2.05, 4.69) is 30.4 Å². The molecule has 9 nitrogen and oxygen atoms in total. The average Bonchev–Trinajstić information content (AvgIpc) is 3.34. The van der Waals surface area contributed by atoms with Crippen LogP contribution in [-0.4, -0.2) is 58.9 Å². The number of nitrogens with one attached hydrogen (secondary N) is 2. The lowest BCUT2D eigenvalue weighted by Gasteiger charge is -2.32. The minimum atomic E-state index is -0.234. The fraction of sp³-hybridized carbons (Fsp3) is 0.364. The highest BCUT2D eigenvalue weighted by Gasteiger charge is 2.23. The van der Waals surface area contributed by atoms with Crippen LogP contribution in [0.15, 0.2) is 48.9 Å². The van der Waals surface area contributed by atoms with Crippen molar-refractivity contribution in [2.24, 2.45) is 0 Å². The van der Waals surface area contributed by atoms with Gasteiger partial charge in [-0.05, 0) is 24.3 Å². The largest absolute Gasteiger partial charge is 0.493 e. The molecule has 0 bridgehead atoms. The molecule has 1 saturated heterocycles. The van der Waals surface area contributed by atoms with E-state index in [9.17, 15) is 4.79 Å². The molecule has 0 unspecified atom stereocenters. The van der Waals surface area contributed by atoms with Crippen molar-refractivity contribution in [2.45, 2.75) is 25.4 Å². The van der Waals surface area contributed by atoms with E-state index in [1.54, 1.807) is 25.7 Å². The predicted octanol–water partition coefficient (Wildman–Crippen LogP) is 2.23. The molecule has 162 valence electrons. The van der Waals surface area contributed by atoms with Crippen LogP contribution in [0.1, 0.15) is 29.0 Å². The van der Waals surface area contributed by atoms with Gasteiger partial charge in [0.1, 0.15) is 6.10 Å². The third-order valence-corrected chi connectivity index (χ3v) is 5.25. The number of carbonyl (C=O) groups is 1. The summed E-state index contributed by atoms with van der Waals surface area (Å²) >= 11 is 0. The summed E-state index contributed by atoms with van der Waals surface area (Å²) in [6.07, 6.45) is 5.91. The first-order valence-corrected chi connectivity index (χ1v) is 10.4. The molecule has 0 atom stereocenters. The zero-order chi connectivity index (χ0) is 21.5. The molecule has 1 amide bonds. The molecule has 2 N–H and O–H groups in total. The van der Waals surface area contributed by atoms with Crippen molar-refractivity contribution in [2.75, 3.05) is 31.6 Å². The van der Waals surface area contributed by atoms with E-state index in [0.29, 0.717) is 18.7 Å². The lowest BCUT2D eigenvalue weighted by molar-refractivity contribution is 0.0948. The van der Waals surface area contributed by atoms with Crippen LogP contribution in [0.3, 0.4) is 0 Å². The molecule has 3 heterocycles. The fourth-order valence-electron chi connectivity index (χ4n) is 3.54. The number of hydrogen-bond donors (Lipinski definition) is 2. The predicted molar refractivity (Wildman–Crippen MR) is 116 cm³/mol. The van der Waals surface area contributed by atoms with E-state index >= 15 is 0 Å². The number of aromatic amines is 1. The Kier molecular flexibility index (Phi) is 6.61. The lowest BCUT2D eigenvalue weighted by Crippen LogP contribution is -2.39. The lowest BCUT2D eigenvalue weighted by atomic mass is 10.1. The van der Waals surface area contributed by atoms with Crippen LogP contribution in [-0.2, 0) is 6.42 Å². The van der Waals surface area contributed by atoms with Crippen LogP contribution in [0.4, 0.5) is 5.82 Å². The maximum absolute atomic E-state index is 12.2. The second-order valence-electron chi connectivity index (χ2n) is 7.31. The zero-order valence-corrected chi connectivity index (χ0v) is 17.5.